The van der Waals surface area contributed by atoms with Crippen LogP contribution in [0.25, 0.3) is 11.8 Å². The number of methoxy groups -OCH3 is 1. The average Bonchev–Trinajstić information content (AvgIpc) is 3.28. The van der Waals surface area contributed by atoms with E-state index in [9.17, 15) is 4.39 Å². The molecule has 0 radical (unpaired) electrons. The zero-order valence-corrected chi connectivity index (χ0v) is 19.6. The van der Waals surface area contributed by atoms with Crippen LogP contribution in [0.5, 0.6) is 5.75 Å². The molecule has 0 saturated carbocycles. The van der Waals surface area contributed by atoms with Gasteiger partial charge in [-0.2, -0.15) is 0 Å². The van der Waals surface area contributed by atoms with Gasteiger partial charge >= 0.3 is 0 Å². The summed E-state index contributed by atoms with van der Waals surface area (Å²) in [5.74, 6) is 1.25. The van der Waals surface area contributed by atoms with Gasteiger partial charge in [0.05, 0.1) is 24.8 Å². The second-order valence-electron chi connectivity index (χ2n) is 8.84. The Morgan fingerprint density at radius 3 is 2.68 bits per heavy atom. The average molecular weight is 462 g/mol. The van der Waals surface area contributed by atoms with Crippen LogP contribution in [0.1, 0.15) is 16.8 Å². The molecule has 0 amide bonds. The lowest BCUT2D eigenvalue weighted by molar-refractivity contribution is -0.0441. The standard InChI is InChI=1S/C26H28FN5O2/c1-19-15-31(18-28-19)23-10-4-20(14-24(23)33-3)5-11-25-29-34-17-26(16-30(2)12-13-32(25)26)21-6-8-22(27)9-7-21/h4-11,14-15,18H,12-13,16-17H2,1-3H3/b11-5+. The molecule has 34 heavy (non-hydrogen) atoms. The van der Waals surface area contributed by atoms with Crippen molar-refractivity contribution in [1.82, 2.24) is 19.4 Å². The van der Waals surface area contributed by atoms with Crippen molar-refractivity contribution >= 4 is 11.9 Å². The maximum atomic E-state index is 13.6. The molecule has 176 valence electrons. The Hall–Kier alpha value is -3.65. The normalized spacial score (nSPS) is 20.7. The van der Waals surface area contributed by atoms with Crippen molar-refractivity contribution in [1.29, 1.82) is 0 Å². The summed E-state index contributed by atoms with van der Waals surface area (Å²) < 4.78 is 21.2. The highest BCUT2D eigenvalue weighted by Gasteiger charge is 2.46. The molecule has 0 bridgehead atoms. The molecule has 2 aliphatic heterocycles. The Bertz CT molecular complexity index is 1240. The third kappa shape index (κ3) is 4.05. The number of likely N-dealkylation sites (N-methyl/N-ethyl adjacent to an activating group) is 1. The maximum Gasteiger partial charge on any atom is 0.169 e. The number of aryl methyl sites for hydroxylation is 1. The van der Waals surface area contributed by atoms with Crippen LogP contribution in [0.2, 0.25) is 0 Å². The Morgan fingerprint density at radius 1 is 1.12 bits per heavy atom. The summed E-state index contributed by atoms with van der Waals surface area (Å²) in [7, 11) is 3.76. The highest BCUT2D eigenvalue weighted by atomic mass is 19.1. The number of aromatic nitrogens is 2. The number of amidine groups is 1. The Labute approximate surface area is 198 Å². The molecular weight excluding hydrogens is 433 g/mol. The molecular formula is C26H28FN5O2. The summed E-state index contributed by atoms with van der Waals surface area (Å²) in [6, 6.07) is 12.7. The van der Waals surface area contributed by atoms with Gasteiger partial charge in [0.15, 0.2) is 5.84 Å². The molecule has 2 aliphatic rings. The monoisotopic (exact) mass is 461 g/mol. The van der Waals surface area contributed by atoms with E-state index in [1.54, 1.807) is 13.4 Å². The number of halogens is 1. The van der Waals surface area contributed by atoms with E-state index in [0.29, 0.717) is 6.61 Å². The molecule has 5 rings (SSSR count). The van der Waals surface area contributed by atoms with Crippen molar-refractivity contribution in [2.45, 2.75) is 12.5 Å². The number of nitrogens with zero attached hydrogens (tertiary/aromatic N) is 5. The van der Waals surface area contributed by atoms with Gasteiger partial charge in [0.25, 0.3) is 0 Å². The van der Waals surface area contributed by atoms with Crippen LogP contribution in [0.4, 0.5) is 4.39 Å². The van der Waals surface area contributed by atoms with E-state index in [-0.39, 0.29) is 5.82 Å². The first-order chi connectivity index (χ1) is 16.5. The van der Waals surface area contributed by atoms with Gasteiger partial charge in [-0.15, -0.1) is 0 Å². The van der Waals surface area contributed by atoms with E-state index in [2.05, 4.69) is 27.0 Å². The third-order valence-electron chi connectivity index (χ3n) is 6.49. The molecule has 1 aromatic heterocycles. The van der Waals surface area contributed by atoms with E-state index in [1.165, 1.54) is 12.1 Å². The molecule has 7 nitrogen and oxygen atoms in total. The smallest absolute Gasteiger partial charge is 0.169 e. The van der Waals surface area contributed by atoms with Crippen LogP contribution in [0.3, 0.4) is 0 Å². The topological polar surface area (TPSA) is 55.1 Å². The molecule has 0 aliphatic carbocycles. The summed E-state index contributed by atoms with van der Waals surface area (Å²) in [4.78, 5) is 14.6. The minimum absolute atomic E-state index is 0.246. The fourth-order valence-electron chi connectivity index (χ4n) is 4.75. The number of rotatable bonds is 5. The molecule has 1 unspecified atom stereocenters. The molecule has 3 aromatic rings. The highest BCUT2D eigenvalue weighted by molar-refractivity contribution is 5.97. The fourth-order valence-corrected chi connectivity index (χ4v) is 4.75. The van der Waals surface area contributed by atoms with Crippen LogP contribution < -0.4 is 4.74 Å². The van der Waals surface area contributed by atoms with Crippen molar-refractivity contribution in [2.75, 3.05) is 40.4 Å². The van der Waals surface area contributed by atoms with Gasteiger partial charge in [-0.1, -0.05) is 29.4 Å². The van der Waals surface area contributed by atoms with Crippen LogP contribution in [-0.2, 0) is 10.4 Å². The second-order valence-corrected chi connectivity index (χ2v) is 8.84. The zero-order valence-electron chi connectivity index (χ0n) is 19.6. The summed E-state index contributed by atoms with van der Waals surface area (Å²) >= 11 is 0. The lowest BCUT2D eigenvalue weighted by Gasteiger charge is -2.52. The van der Waals surface area contributed by atoms with Crippen molar-refractivity contribution in [2.24, 2.45) is 5.16 Å². The first-order valence-corrected chi connectivity index (χ1v) is 11.3. The minimum atomic E-state index is -0.428. The van der Waals surface area contributed by atoms with Crippen LogP contribution in [0, 0.1) is 12.7 Å². The van der Waals surface area contributed by atoms with Gasteiger partial charge in [-0.3, -0.25) is 0 Å². The van der Waals surface area contributed by atoms with E-state index in [4.69, 9.17) is 9.57 Å². The second kappa shape index (κ2) is 8.95. The third-order valence-corrected chi connectivity index (χ3v) is 6.49. The summed E-state index contributed by atoms with van der Waals surface area (Å²) in [6.07, 6.45) is 7.72. The molecule has 3 heterocycles. The minimum Gasteiger partial charge on any atom is -0.495 e. The van der Waals surface area contributed by atoms with Crippen molar-refractivity contribution in [3.05, 3.63) is 83.7 Å². The predicted octanol–water partition coefficient (Wildman–Crippen LogP) is 3.83. The molecule has 1 fully saturated rings. The molecule has 1 atom stereocenters. The van der Waals surface area contributed by atoms with Crippen molar-refractivity contribution < 1.29 is 14.0 Å². The zero-order chi connectivity index (χ0) is 23.7. The number of ether oxygens (including phenoxy) is 1. The first-order valence-electron chi connectivity index (χ1n) is 11.3. The maximum absolute atomic E-state index is 13.6. The Kier molecular flexibility index (Phi) is 5.83. The van der Waals surface area contributed by atoms with Crippen LogP contribution in [0.15, 0.2) is 66.2 Å². The lowest BCUT2D eigenvalue weighted by Crippen LogP contribution is -2.64. The summed E-state index contributed by atoms with van der Waals surface area (Å²) in [5.41, 5.74) is 3.43. The number of oxime groups is 1. The lowest BCUT2D eigenvalue weighted by atomic mass is 9.85. The molecule has 1 saturated heterocycles. The number of fused-ring (bicyclic) bond motifs is 1. The van der Waals surface area contributed by atoms with Gasteiger partial charge in [-0.05, 0) is 55.4 Å². The SMILES string of the molecule is COc1cc(/C=C/C2=NOCC3(c4ccc(F)cc4)CN(C)CCN23)ccc1-n1cnc(C)c1. The molecule has 2 aromatic carbocycles. The van der Waals surface area contributed by atoms with Crippen molar-refractivity contribution in [3.8, 4) is 11.4 Å². The van der Waals surface area contributed by atoms with Crippen LogP contribution in [-0.4, -0.2) is 65.6 Å². The predicted molar refractivity (Wildman–Crippen MR) is 130 cm³/mol. The first kappa shape index (κ1) is 22.2. The Morgan fingerprint density at radius 2 is 1.94 bits per heavy atom. The van der Waals surface area contributed by atoms with Crippen molar-refractivity contribution in [3.63, 3.8) is 0 Å². The van der Waals surface area contributed by atoms with E-state index < -0.39 is 5.54 Å². The van der Waals surface area contributed by atoms with Gasteiger partial charge in [0, 0.05) is 25.8 Å². The number of imidazole rings is 1. The van der Waals surface area contributed by atoms with Gasteiger partial charge < -0.3 is 23.9 Å². The number of benzene rings is 2. The van der Waals surface area contributed by atoms with E-state index in [0.717, 1.165) is 53.7 Å². The van der Waals surface area contributed by atoms with Crippen LogP contribution >= 0.6 is 0 Å². The van der Waals surface area contributed by atoms with Gasteiger partial charge in [-0.25, -0.2) is 9.37 Å². The van der Waals surface area contributed by atoms with Gasteiger partial charge in [0.2, 0.25) is 0 Å². The Balaban J connectivity index is 1.44. The quantitative estimate of drug-likeness (QED) is 0.578. The van der Waals surface area contributed by atoms with E-state index >= 15 is 0 Å². The molecule has 0 spiro atoms. The molecule has 0 N–H and O–H groups in total. The van der Waals surface area contributed by atoms with Gasteiger partial charge in [0.1, 0.15) is 23.7 Å². The number of piperazine rings is 1. The fraction of sp³-hybridized carbons (Fsp3) is 0.308. The largest absolute Gasteiger partial charge is 0.495 e. The highest BCUT2D eigenvalue weighted by Crippen LogP contribution is 2.36. The number of hydrogen-bond donors (Lipinski definition) is 0. The summed E-state index contributed by atoms with van der Waals surface area (Å²) in [6.45, 7) is 4.83. The molecule has 8 heteroatoms. The summed E-state index contributed by atoms with van der Waals surface area (Å²) in [5, 5.41) is 4.37. The van der Waals surface area contributed by atoms with E-state index in [1.807, 2.05) is 60.2 Å². The number of hydrogen-bond acceptors (Lipinski definition) is 6.